The standard InChI is InChI=1S/C76H119NO8/c1-6-8-10-12-14-16-18-20-22-24-26-28-30-32-34-36-37-39-41-43-45-47-49-51-53-55-57-59-61-63-65-67-74(79)85-72(71-84-76(75(80)81)82-69-68-77(3,4)5)70-83-73(78)66-64-62-60-58-56-54-52-50-48-46-44-42-40-38-35-33-31-29-27-25-23-21-19-17-15-13-11-9-7-2/h8-11,14-17,20-23,26-29,32-35,37,39-40,42-43,45-46,48-49,51,72,76H,6-7,12-13,18-19,24-25,30-31,36,38,41,44,47,50,52-71H2,1-5H3/p+1/b10-8-,11-9-,16-14-,17-15-,22-20-,23-21-,28-26-,29-27-,34-32-,35-33-,39-37-,42-40-,45-43-,48-46-,51-49-. The quantitative estimate of drug-likeness (QED) is 0.0211. The fourth-order valence-corrected chi connectivity index (χ4v) is 8.18. The van der Waals surface area contributed by atoms with Crippen LogP contribution in [0, 0.1) is 0 Å². The van der Waals surface area contributed by atoms with E-state index < -0.39 is 24.3 Å². The fraction of sp³-hybridized carbons (Fsp3) is 0.566. The maximum absolute atomic E-state index is 12.9. The lowest BCUT2D eigenvalue weighted by atomic mass is 10.1. The molecule has 0 aromatic heterocycles. The van der Waals surface area contributed by atoms with Gasteiger partial charge in [0, 0.05) is 12.8 Å². The zero-order chi connectivity index (χ0) is 61.9. The topological polar surface area (TPSA) is 108 Å². The van der Waals surface area contributed by atoms with Gasteiger partial charge < -0.3 is 28.5 Å². The molecule has 0 aliphatic rings. The van der Waals surface area contributed by atoms with Crippen molar-refractivity contribution >= 4 is 17.9 Å². The van der Waals surface area contributed by atoms with Gasteiger partial charge in [0.15, 0.2) is 6.10 Å². The van der Waals surface area contributed by atoms with Crippen LogP contribution < -0.4 is 0 Å². The monoisotopic (exact) mass is 1170 g/mol. The second kappa shape index (κ2) is 64.4. The summed E-state index contributed by atoms with van der Waals surface area (Å²) in [7, 11) is 5.95. The predicted octanol–water partition coefficient (Wildman–Crippen LogP) is 20.5. The summed E-state index contributed by atoms with van der Waals surface area (Å²) in [5, 5.41) is 9.74. The van der Waals surface area contributed by atoms with Crippen molar-refractivity contribution in [1.29, 1.82) is 0 Å². The average Bonchev–Trinajstić information content (AvgIpc) is 3.49. The van der Waals surface area contributed by atoms with E-state index in [1.165, 1.54) is 19.3 Å². The molecular formula is C76H120NO8+. The molecule has 2 atom stereocenters. The number of unbranched alkanes of at least 4 members (excludes halogenated alkanes) is 13. The molecule has 0 spiro atoms. The van der Waals surface area contributed by atoms with Crippen molar-refractivity contribution in [2.75, 3.05) is 47.5 Å². The molecule has 0 fully saturated rings. The molecule has 0 bridgehead atoms. The number of carbonyl (C=O) groups is 3. The molecule has 9 nitrogen and oxygen atoms in total. The number of hydrogen-bond donors (Lipinski definition) is 1. The number of carboxylic acids is 1. The lowest BCUT2D eigenvalue weighted by molar-refractivity contribution is -0.870. The van der Waals surface area contributed by atoms with Gasteiger partial charge in [-0.05, 0) is 135 Å². The third kappa shape index (κ3) is 65.8. The van der Waals surface area contributed by atoms with E-state index in [1.807, 2.05) is 21.1 Å². The number of esters is 2. The van der Waals surface area contributed by atoms with E-state index in [9.17, 15) is 19.5 Å². The molecule has 85 heavy (non-hydrogen) atoms. The number of hydrogen-bond acceptors (Lipinski definition) is 7. The number of quaternary nitrogens is 1. The Morgan fingerprint density at radius 1 is 0.353 bits per heavy atom. The van der Waals surface area contributed by atoms with Crippen LogP contribution in [0.15, 0.2) is 182 Å². The first-order valence-electron chi connectivity index (χ1n) is 32.9. The molecule has 0 aromatic carbocycles. The Morgan fingerprint density at radius 2 is 0.635 bits per heavy atom. The normalized spacial score (nSPS) is 13.9. The Hall–Kier alpha value is -5.61. The van der Waals surface area contributed by atoms with Crippen molar-refractivity contribution in [2.24, 2.45) is 0 Å². The van der Waals surface area contributed by atoms with E-state index in [2.05, 4.69) is 196 Å². The van der Waals surface area contributed by atoms with Crippen molar-refractivity contribution in [2.45, 2.75) is 232 Å². The van der Waals surface area contributed by atoms with Crippen LogP contribution in [0.1, 0.15) is 219 Å². The third-order valence-corrected chi connectivity index (χ3v) is 13.2. The Kier molecular flexibility index (Phi) is 60.1. The van der Waals surface area contributed by atoms with Crippen LogP contribution in [-0.4, -0.2) is 87.4 Å². The maximum atomic E-state index is 12.9. The second-order valence-electron chi connectivity index (χ2n) is 22.3. The predicted molar refractivity (Wildman–Crippen MR) is 363 cm³/mol. The Bertz CT molecular complexity index is 2050. The van der Waals surface area contributed by atoms with Gasteiger partial charge in [0.2, 0.25) is 0 Å². The molecule has 0 rings (SSSR count). The summed E-state index contributed by atoms with van der Waals surface area (Å²) in [4.78, 5) is 37.6. The van der Waals surface area contributed by atoms with Gasteiger partial charge in [0.1, 0.15) is 13.2 Å². The van der Waals surface area contributed by atoms with Gasteiger partial charge in [-0.1, -0.05) is 254 Å². The number of likely N-dealkylation sites (N-methyl/N-ethyl adjacent to an activating group) is 1. The van der Waals surface area contributed by atoms with Crippen molar-refractivity contribution in [3.05, 3.63) is 182 Å². The Morgan fingerprint density at radius 3 is 0.941 bits per heavy atom. The highest BCUT2D eigenvalue weighted by Crippen LogP contribution is 2.14. The van der Waals surface area contributed by atoms with Crippen LogP contribution >= 0.6 is 0 Å². The van der Waals surface area contributed by atoms with Crippen LogP contribution in [0.3, 0.4) is 0 Å². The molecule has 0 aliphatic heterocycles. The van der Waals surface area contributed by atoms with E-state index in [0.29, 0.717) is 17.4 Å². The summed E-state index contributed by atoms with van der Waals surface area (Å²) < 4.78 is 22.9. The lowest BCUT2D eigenvalue weighted by Crippen LogP contribution is -2.40. The first-order valence-corrected chi connectivity index (χ1v) is 32.9. The summed E-state index contributed by atoms with van der Waals surface area (Å²) >= 11 is 0. The van der Waals surface area contributed by atoms with Crippen LogP contribution in [0.4, 0.5) is 0 Å². The Labute approximate surface area is 519 Å². The highest BCUT2D eigenvalue weighted by atomic mass is 16.7. The van der Waals surface area contributed by atoms with Crippen LogP contribution in [0.5, 0.6) is 0 Å². The number of nitrogens with zero attached hydrogens (tertiary/aromatic N) is 1. The summed E-state index contributed by atoms with van der Waals surface area (Å²) in [5.74, 6) is -2.06. The third-order valence-electron chi connectivity index (χ3n) is 13.2. The minimum Gasteiger partial charge on any atom is -0.477 e. The molecule has 0 aliphatic carbocycles. The van der Waals surface area contributed by atoms with Gasteiger partial charge in [-0.2, -0.15) is 0 Å². The van der Waals surface area contributed by atoms with Gasteiger partial charge in [-0.15, -0.1) is 0 Å². The molecule has 0 radical (unpaired) electrons. The lowest BCUT2D eigenvalue weighted by Gasteiger charge is -2.25. The van der Waals surface area contributed by atoms with Gasteiger partial charge in [0.05, 0.1) is 34.4 Å². The second-order valence-corrected chi connectivity index (χ2v) is 22.3. The largest absolute Gasteiger partial charge is 0.477 e. The average molecular weight is 1180 g/mol. The van der Waals surface area contributed by atoms with Gasteiger partial charge in [-0.3, -0.25) is 9.59 Å². The van der Waals surface area contributed by atoms with E-state index in [0.717, 1.165) is 167 Å². The van der Waals surface area contributed by atoms with E-state index in [1.54, 1.807) is 0 Å². The SMILES string of the molecule is CC/C=C\C/C=C\C/C=C\C/C=C\C/C=C\C/C=C\C/C=C\C/C=C\CCCCCCCCC(=O)OC(COC(=O)CCCCCCCCC/C=C\C/C=C\C/C=C\C/C=C\C/C=C\C/C=C\C/C=C\CC)COC(OCC[N+](C)(C)C)C(=O)O. The van der Waals surface area contributed by atoms with E-state index >= 15 is 0 Å². The molecule has 2 unspecified atom stereocenters. The zero-order valence-corrected chi connectivity index (χ0v) is 54.2. The molecule has 0 heterocycles. The molecule has 0 saturated carbocycles. The zero-order valence-electron chi connectivity index (χ0n) is 54.2. The number of rotatable bonds is 58. The summed E-state index contributed by atoms with van der Waals surface area (Å²) in [6.45, 7) is 4.59. The Balaban J connectivity index is 4.31. The van der Waals surface area contributed by atoms with Crippen LogP contribution in [-0.2, 0) is 33.3 Å². The van der Waals surface area contributed by atoms with E-state index in [-0.39, 0.29) is 38.6 Å². The minimum absolute atomic E-state index is 0.171. The molecule has 476 valence electrons. The summed E-state index contributed by atoms with van der Waals surface area (Å²) in [6, 6.07) is 0. The summed E-state index contributed by atoms with van der Waals surface area (Å²) in [5.41, 5.74) is 0. The number of ether oxygens (including phenoxy) is 4. The number of carbonyl (C=O) groups excluding carboxylic acids is 2. The molecule has 1 N–H and O–H groups in total. The van der Waals surface area contributed by atoms with Gasteiger partial charge in [-0.25, -0.2) is 4.79 Å². The smallest absolute Gasteiger partial charge is 0.361 e. The van der Waals surface area contributed by atoms with Crippen molar-refractivity contribution < 1.29 is 42.9 Å². The fourth-order valence-electron chi connectivity index (χ4n) is 8.18. The molecular weight excluding hydrogens is 1050 g/mol. The molecule has 9 heteroatoms. The first kappa shape index (κ1) is 79.4. The van der Waals surface area contributed by atoms with Crippen LogP contribution in [0.2, 0.25) is 0 Å². The van der Waals surface area contributed by atoms with Crippen molar-refractivity contribution in [1.82, 2.24) is 0 Å². The minimum atomic E-state index is -1.53. The first-order chi connectivity index (χ1) is 41.6. The van der Waals surface area contributed by atoms with E-state index in [4.69, 9.17) is 18.9 Å². The van der Waals surface area contributed by atoms with Crippen molar-refractivity contribution in [3.63, 3.8) is 0 Å². The van der Waals surface area contributed by atoms with Gasteiger partial charge >= 0.3 is 17.9 Å². The molecule has 0 amide bonds. The van der Waals surface area contributed by atoms with Crippen molar-refractivity contribution in [3.8, 4) is 0 Å². The number of aliphatic carboxylic acids is 1. The van der Waals surface area contributed by atoms with Gasteiger partial charge in [0.25, 0.3) is 6.29 Å². The molecule has 0 aromatic rings. The summed E-state index contributed by atoms with van der Waals surface area (Å²) in [6.07, 6.45) is 95.5. The number of allylic oxidation sites excluding steroid dienone is 30. The highest BCUT2D eigenvalue weighted by Gasteiger charge is 2.25. The maximum Gasteiger partial charge on any atom is 0.361 e. The highest BCUT2D eigenvalue weighted by molar-refractivity contribution is 5.71. The molecule has 0 saturated heterocycles. The van der Waals surface area contributed by atoms with Crippen LogP contribution in [0.25, 0.3) is 0 Å². The number of carboxylic acid groups (broad SMARTS) is 1.